The fraction of sp³-hybridized carbons (Fsp3) is 0.357. The fourth-order valence-electron chi connectivity index (χ4n) is 2.88. The second kappa shape index (κ2) is 4.14. The Balaban J connectivity index is 2.22. The maximum atomic E-state index is 11.7. The number of benzene rings is 1. The van der Waals surface area contributed by atoms with E-state index in [-0.39, 0.29) is 5.91 Å². The number of aromatic amines is 1. The molecule has 4 heteroatoms. The molecule has 0 fully saturated rings. The van der Waals surface area contributed by atoms with E-state index in [0.717, 1.165) is 23.7 Å². The maximum absolute atomic E-state index is 11.7. The Bertz CT molecular complexity index is 615. The van der Waals surface area contributed by atoms with Gasteiger partial charge in [0.05, 0.1) is 11.1 Å². The number of H-pyrrole nitrogens is 1. The number of rotatable bonds is 1. The standard InChI is InChI=1S/C14H17N3O/c1-8-5-6-12-11(7-8)9-3-2-4-10(13(9)16-12)14(18)17-15/h2-4,8,16H,5-7,15H2,1H3,(H,17,18). The van der Waals surface area contributed by atoms with E-state index in [2.05, 4.69) is 23.4 Å². The lowest BCUT2D eigenvalue weighted by Crippen LogP contribution is -2.30. The van der Waals surface area contributed by atoms with Gasteiger partial charge in [-0.15, -0.1) is 0 Å². The number of hydrogen-bond acceptors (Lipinski definition) is 2. The molecule has 1 aliphatic rings. The van der Waals surface area contributed by atoms with Gasteiger partial charge >= 0.3 is 0 Å². The van der Waals surface area contributed by atoms with E-state index in [1.165, 1.54) is 17.7 Å². The summed E-state index contributed by atoms with van der Waals surface area (Å²) in [5.74, 6) is 5.69. The Morgan fingerprint density at radius 2 is 2.33 bits per heavy atom. The number of para-hydroxylation sites is 1. The number of carbonyl (C=O) groups is 1. The zero-order chi connectivity index (χ0) is 12.7. The molecule has 3 rings (SSSR count). The van der Waals surface area contributed by atoms with Gasteiger partial charge in [-0.05, 0) is 36.8 Å². The molecule has 1 aliphatic carbocycles. The SMILES string of the molecule is CC1CCc2[nH]c3c(C(=O)NN)cccc3c2C1. The van der Waals surface area contributed by atoms with Crippen LogP contribution in [0.1, 0.15) is 35.0 Å². The number of fused-ring (bicyclic) bond motifs is 3. The minimum atomic E-state index is -0.243. The van der Waals surface area contributed by atoms with Crippen molar-refractivity contribution in [1.29, 1.82) is 0 Å². The van der Waals surface area contributed by atoms with Gasteiger partial charge in [0.25, 0.3) is 5.91 Å². The minimum absolute atomic E-state index is 0.243. The van der Waals surface area contributed by atoms with Gasteiger partial charge in [0.2, 0.25) is 0 Å². The highest BCUT2D eigenvalue weighted by Gasteiger charge is 2.21. The number of carbonyl (C=O) groups excluding carboxylic acids is 1. The molecule has 94 valence electrons. The number of amides is 1. The molecule has 1 heterocycles. The summed E-state index contributed by atoms with van der Waals surface area (Å²) in [6.07, 6.45) is 3.36. The van der Waals surface area contributed by atoms with Crippen LogP contribution < -0.4 is 11.3 Å². The predicted molar refractivity (Wildman–Crippen MR) is 71.1 cm³/mol. The van der Waals surface area contributed by atoms with Crippen LogP contribution in [0.5, 0.6) is 0 Å². The van der Waals surface area contributed by atoms with Crippen molar-refractivity contribution in [2.24, 2.45) is 11.8 Å². The molecule has 4 nitrogen and oxygen atoms in total. The van der Waals surface area contributed by atoms with Crippen molar-refractivity contribution in [2.45, 2.75) is 26.2 Å². The summed E-state index contributed by atoms with van der Waals surface area (Å²) in [6.45, 7) is 2.28. The van der Waals surface area contributed by atoms with Crippen LogP contribution in [-0.4, -0.2) is 10.9 Å². The molecule has 0 spiro atoms. The summed E-state index contributed by atoms with van der Waals surface area (Å²) in [6, 6.07) is 5.80. The number of aromatic nitrogens is 1. The third kappa shape index (κ3) is 1.61. The zero-order valence-corrected chi connectivity index (χ0v) is 10.4. The molecule has 18 heavy (non-hydrogen) atoms. The van der Waals surface area contributed by atoms with Crippen molar-refractivity contribution in [2.75, 3.05) is 0 Å². The van der Waals surface area contributed by atoms with Gasteiger partial charge in [-0.2, -0.15) is 0 Å². The molecule has 0 saturated heterocycles. The van der Waals surface area contributed by atoms with Crippen LogP contribution in [0.4, 0.5) is 0 Å². The first-order valence-corrected chi connectivity index (χ1v) is 6.34. The average Bonchev–Trinajstić information content (AvgIpc) is 2.75. The van der Waals surface area contributed by atoms with Crippen molar-refractivity contribution in [3.05, 3.63) is 35.0 Å². The van der Waals surface area contributed by atoms with Crippen molar-refractivity contribution in [3.63, 3.8) is 0 Å². The third-order valence-electron chi connectivity index (χ3n) is 3.85. The molecule has 1 unspecified atom stereocenters. The largest absolute Gasteiger partial charge is 0.358 e. The smallest absolute Gasteiger partial charge is 0.267 e. The van der Waals surface area contributed by atoms with Gasteiger partial charge in [-0.3, -0.25) is 10.2 Å². The average molecular weight is 243 g/mol. The quantitative estimate of drug-likeness (QED) is 0.406. The molecule has 0 radical (unpaired) electrons. The van der Waals surface area contributed by atoms with Gasteiger partial charge in [0, 0.05) is 11.1 Å². The van der Waals surface area contributed by atoms with Gasteiger partial charge < -0.3 is 4.98 Å². The summed E-state index contributed by atoms with van der Waals surface area (Å²) in [7, 11) is 0. The lowest BCUT2D eigenvalue weighted by molar-refractivity contribution is 0.0955. The normalized spacial score (nSPS) is 18.7. The number of aryl methyl sites for hydroxylation is 1. The molecular weight excluding hydrogens is 226 g/mol. The Kier molecular flexibility index (Phi) is 2.59. The first-order valence-electron chi connectivity index (χ1n) is 6.34. The highest BCUT2D eigenvalue weighted by molar-refractivity contribution is 6.06. The lowest BCUT2D eigenvalue weighted by Gasteiger charge is -2.17. The summed E-state index contributed by atoms with van der Waals surface area (Å²) < 4.78 is 0. The van der Waals surface area contributed by atoms with E-state index in [4.69, 9.17) is 5.84 Å². The first-order chi connectivity index (χ1) is 8.70. The van der Waals surface area contributed by atoms with Gasteiger partial charge in [0.1, 0.15) is 0 Å². The van der Waals surface area contributed by atoms with E-state index in [1.807, 2.05) is 6.07 Å². The number of hydrogen-bond donors (Lipinski definition) is 3. The molecule has 0 aliphatic heterocycles. The zero-order valence-electron chi connectivity index (χ0n) is 10.4. The second-order valence-electron chi connectivity index (χ2n) is 5.13. The van der Waals surface area contributed by atoms with E-state index < -0.39 is 0 Å². The Labute approximate surface area is 106 Å². The number of nitrogen functional groups attached to an aromatic ring is 1. The number of nitrogens with two attached hydrogens (primary N) is 1. The fourth-order valence-corrected chi connectivity index (χ4v) is 2.88. The van der Waals surface area contributed by atoms with Crippen molar-refractivity contribution in [1.82, 2.24) is 10.4 Å². The van der Waals surface area contributed by atoms with Crippen molar-refractivity contribution >= 4 is 16.8 Å². The van der Waals surface area contributed by atoms with Gasteiger partial charge in [-0.1, -0.05) is 19.1 Å². The molecular formula is C14H17N3O. The molecule has 1 atom stereocenters. The minimum Gasteiger partial charge on any atom is -0.358 e. The van der Waals surface area contributed by atoms with Crippen LogP contribution in [0.2, 0.25) is 0 Å². The third-order valence-corrected chi connectivity index (χ3v) is 3.85. The van der Waals surface area contributed by atoms with E-state index in [0.29, 0.717) is 11.5 Å². The topological polar surface area (TPSA) is 70.9 Å². The molecule has 2 aromatic rings. The number of nitrogens with one attached hydrogen (secondary N) is 2. The first kappa shape index (κ1) is 11.3. The van der Waals surface area contributed by atoms with Crippen LogP contribution >= 0.6 is 0 Å². The molecule has 0 bridgehead atoms. The Hall–Kier alpha value is -1.81. The molecule has 0 saturated carbocycles. The summed E-state index contributed by atoms with van der Waals surface area (Å²) >= 11 is 0. The van der Waals surface area contributed by atoms with Crippen LogP contribution in [0.25, 0.3) is 10.9 Å². The molecule has 1 amide bonds. The highest BCUT2D eigenvalue weighted by atomic mass is 16.2. The van der Waals surface area contributed by atoms with E-state index >= 15 is 0 Å². The van der Waals surface area contributed by atoms with E-state index in [1.54, 1.807) is 6.07 Å². The van der Waals surface area contributed by atoms with Crippen LogP contribution in [0, 0.1) is 5.92 Å². The highest BCUT2D eigenvalue weighted by Crippen LogP contribution is 2.32. The number of hydrazine groups is 1. The molecule has 1 aromatic carbocycles. The maximum Gasteiger partial charge on any atom is 0.267 e. The Morgan fingerprint density at radius 1 is 1.50 bits per heavy atom. The van der Waals surface area contributed by atoms with Crippen molar-refractivity contribution in [3.8, 4) is 0 Å². The van der Waals surface area contributed by atoms with Crippen LogP contribution in [-0.2, 0) is 12.8 Å². The van der Waals surface area contributed by atoms with Gasteiger partial charge in [0.15, 0.2) is 0 Å². The van der Waals surface area contributed by atoms with Crippen LogP contribution in [0.15, 0.2) is 18.2 Å². The van der Waals surface area contributed by atoms with Gasteiger partial charge in [-0.25, -0.2) is 5.84 Å². The van der Waals surface area contributed by atoms with Crippen molar-refractivity contribution < 1.29 is 4.79 Å². The Morgan fingerprint density at radius 3 is 3.11 bits per heavy atom. The predicted octanol–water partition coefficient (Wildman–Crippen LogP) is 1.90. The van der Waals surface area contributed by atoms with E-state index in [9.17, 15) is 4.79 Å². The summed E-state index contributed by atoms with van der Waals surface area (Å²) in [5.41, 5.74) is 6.39. The monoisotopic (exact) mass is 243 g/mol. The molecule has 4 N–H and O–H groups in total. The lowest BCUT2D eigenvalue weighted by atomic mass is 9.87. The second-order valence-corrected chi connectivity index (χ2v) is 5.13. The summed E-state index contributed by atoms with van der Waals surface area (Å²) in [4.78, 5) is 15.2. The van der Waals surface area contributed by atoms with Crippen LogP contribution in [0.3, 0.4) is 0 Å². The summed E-state index contributed by atoms with van der Waals surface area (Å²) in [5, 5.41) is 1.16. The molecule has 1 aromatic heterocycles.